The number of carboxylic acids is 1. The fourth-order valence-electron chi connectivity index (χ4n) is 2.68. The molecule has 6 nitrogen and oxygen atoms in total. The molecular formula is C15H15N3O3. The number of hydrogen-bond donors (Lipinski definition) is 2. The zero-order valence-corrected chi connectivity index (χ0v) is 11.6. The van der Waals surface area contributed by atoms with Gasteiger partial charge in [-0.3, -0.25) is 4.79 Å². The molecule has 2 N–H and O–H groups in total. The lowest BCUT2D eigenvalue weighted by atomic mass is 9.99. The van der Waals surface area contributed by atoms with E-state index in [4.69, 9.17) is 5.11 Å². The first-order valence-electron chi connectivity index (χ1n) is 6.76. The normalized spacial score (nSPS) is 13.9. The number of anilines is 1. The van der Waals surface area contributed by atoms with Crippen LogP contribution in [0.2, 0.25) is 0 Å². The van der Waals surface area contributed by atoms with Crippen molar-refractivity contribution in [3.63, 3.8) is 0 Å². The number of aryl methyl sites for hydroxylation is 2. The van der Waals surface area contributed by atoms with E-state index in [2.05, 4.69) is 16.0 Å². The number of nitrogens with zero attached hydrogens (tertiary/aromatic N) is 2. The predicted molar refractivity (Wildman–Crippen MR) is 76.7 cm³/mol. The molecule has 3 rings (SSSR count). The van der Waals surface area contributed by atoms with Gasteiger partial charge in [-0.25, -0.2) is 9.78 Å². The van der Waals surface area contributed by atoms with Gasteiger partial charge in [-0.1, -0.05) is 17.7 Å². The Labute approximate surface area is 121 Å². The van der Waals surface area contributed by atoms with E-state index in [-0.39, 0.29) is 17.3 Å². The predicted octanol–water partition coefficient (Wildman–Crippen LogP) is 2.01. The lowest BCUT2D eigenvalue weighted by Gasteiger charge is -2.29. The number of rotatable bonds is 2. The Bertz CT molecular complexity index is 721. The second kappa shape index (κ2) is 5.05. The van der Waals surface area contributed by atoms with Crippen molar-refractivity contribution < 1.29 is 14.7 Å². The van der Waals surface area contributed by atoms with Gasteiger partial charge in [0.25, 0.3) is 5.91 Å². The molecule has 0 bridgehead atoms. The topological polar surface area (TPSA) is 86.3 Å². The van der Waals surface area contributed by atoms with Gasteiger partial charge in [-0.05, 0) is 31.4 Å². The number of amides is 1. The molecule has 0 aliphatic carbocycles. The molecule has 2 aromatic rings. The summed E-state index contributed by atoms with van der Waals surface area (Å²) in [4.78, 5) is 31.7. The van der Waals surface area contributed by atoms with E-state index in [9.17, 15) is 9.59 Å². The maximum absolute atomic E-state index is 12.6. The van der Waals surface area contributed by atoms with Crippen LogP contribution in [0.4, 0.5) is 5.69 Å². The quantitative estimate of drug-likeness (QED) is 0.883. The average molecular weight is 285 g/mol. The summed E-state index contributed by atoms with van der Waals surface area (Å²) in [5, 5.41) is 9.09. The average Bonchev–Trinajstić information content (AvgIpc) is 2.95. The highest BCUT2D eigenvalue weighted by Gasteiger charge is 2.28. The summed E-state index contributed by atoms with van der Waals surface area (Å²) in [5.74, 6) is -1.56. The standard InChI is InChI=1S/C15H15N3O3/c1-9-4-5-11-10(7-9)3-2-6-18(11)14(19)12-13(15(20)21)17-8-16-12/h4-5,7-8H,2-3,6H2,1H3,(H,16,17)(H,20,21). The van der Waals surface area contributed by atoms with E-state index < -0.39 is 5.97 Å². The summed E-state index contributed by atoms with van der Waals surface area (Å²) >= 11 is 0. The Kier molecular flexibility index (Phi) is 3.21. The van der Waals surface area contributed by atoms with E-state index in [1.54, 1.807) is 4.90 Å². The third-order valence-electron chi connectivity index (χ3n) is 3.65. The molecule has 0 spiro atoms. The van der Waals surface area contributed by atoms with Crippen LogP contribution in [0.5, 0.6) is 0 Å². The maximum atomic E-state index is 12.6. The van der Waals surface area contributed by atoms with Gasteiger partial charge >= 0.3 is 5.97 Å². The molecule has 0 radical (unpaired) electrons. The number of benzene rings is 1. The SMILES string of the molecule is Cc1ccc2c(c1)CCCN2C(=O)c1nc[nH]c1C(=O)O. The highest BCUT2D eigenvalue weighted by atomic mass is 16.4. The Balaban J connectivity index is 2.00. The Morgan fingerprint density at radius 3 is 2.95 bits per heavy atom. The maximum Gasteiger partial charge on any atom is 0.354 e. The fourth-order valence-corrected chi connectivity index (χ4v) is 2.68. The number of nitrogens with one attached hydrogen (secondary N) is 1. The van der Waals surface area contributed by atoms with Crippen LogP contribution < -0.4 is 4.90 Å². The third kappa shape index (κ3) is 2.29. The van der Waals surface area contributed by atoms with E-state index in [0.717, 1.165) is 29.7 Å². The number of H-pyrrole nitrogens is 1. The Morgan fingerprint density at radius 1 is 1.38 bits per heavy atom. The van der Waals surface area contributed by atoms with Crippen molar-refractivity contribution in [1.82, 2.24) is 9.97 Å². The van der Waals surface area contributed by atoms with Crippen LogP contribution in [0, 0.1) is 6.92 Å². The van der Waals surface area contributed by atoms with Gasteiger partial charge in [-0.15, -0.1) is 0 Å². The number of hydrogen-bond acceptors (Lipinski definition) is 3. The second-order valence-electron chi connectivity index (χ2n) is 5.12. The van der Waals surface area contributed by atoms with Crippen LogP contribution in [-0.2, 0) is 6.42 Å². The third-order valence-corrected chi connectivity index (χ3v) is 3.65. The Hall–Kier alpha value is -2.63. The Morgan fingerprint density at radius 2 is 2.19 bits per heavy atom. The largest absolute Gasteiger partial charge is 0.477 e. The van der Waals surface area contributed by atoms with Crippen LogP contribution >= 0.6 is 0 Å². The number of carbonyl (C=O) groups excluding carboxylic acids is 1. The number of aromatic carboxylic acids is 1. The molecule has 1 amide bonds. The first kappa shape index (κ1) is 13.4. The van der Waals surface area contributed by atoms with Crippen LogP contribution in [-0.4, -0.2) is 33.5 Å². The highest BCUT2D eigenvalue weighted by Crippen LogP contribution is 2.29. The molecule has 108 valence electrons. The van der Waals surface area contributed by atoms with E-state index >= 15 is 0 Å². The number of carbonyl (C=O) groups is 2. The van der Waals surface area contributed by atoms with Gasteiger partial charge < -0.3 is 15.0 Å². The summed E-state index contributed by atoms with van der Waals surface area (Å²) < 4.78 is 0. The smallest absolute Gasteiger partial charge is 0.354 e. The van der Waals surface area contributed by atoms with E-state index in [0.29, 0.717) is 6.54 Å². The molecule has 1 aliphatic heterocycles. The summed E-state index contributed by atoms with van der Waals surface area (Å²) in [5.41, 5.74) is 2.89. The minimum absolute atomic E-state index is 0.0454. The number of carboxylic acid groups (broad SMARTS) is 1. The van der Waals surface area contributed by atoms with Gasteiger partial charge in [0.2, 0.25) is 0 Å². The molecule has 1 aromatic carbocycles. The van der Waals surface area contributed by atoms with Crippen molar-refractivity contribution in [2.75, 3.05) is 11.4 Å². The van der Waals surface area contributed by atoms with Crippen molar-refractivity contribution in [1.29, 1.82) is 0 Å². The lowest BCUT2D eigenvalue weighted by molar-refractivity contribution is 0.0686. The molecule has 21 heavy (non-hydrogen) atoms. The summed E-state index contributed by atoms with van der Waals surface area (Å²) in [7, 11) is 0. The van der Waals surface area contributed by atoms with Crippen molar-refractivity contribution in [2.45, 2.75) is 19.8 Å². The lowest BCUT2D eigenvalue weighted by Crippen LogP contribution is -2.36. The summed E-state index contributed by atoms with van der Waals surface area (Å²) in [6.07, 6.45) is 3.01. The first-order chi connectivity index (χ1) is 10.1. The van der Waals surface area contributed by atoms with Crippen molar-refractivity contribution in [3.05, 3.63) is 47.0 Å². The fraction of sp³-hybridized carbons (Fsp3) is 0.267. The molecule has 6 heteroatoms. The molecular weight excluding hydrogens is 270 g/mol. The second-order valence-corrected chi connectivity index (χ2v) is 5.12. The van der Waals surface area contributed by atoms with Crippen molar-refractivity contribution in [3.8, 4) is 0 Å². The van der Waals surface area contributed by atoms with Crippen LogP contribution in [0.1, 0.15) is 38.5 Å². The van der Waals surface area contributed by atoms with Crippen molar-refractivity contribution >= 4 is 17.6 Å². The number of imidazole rings is 1. The summed E-state index contributed by atoms with van der Waals surface area (Å²) in [6.45, 7) is 2.58. The first-order valence-corrected chi connectivity index (χ1v) is 6.76. The van der Waals surface area contributed by atoms with Gasteiger partial charge in [-0.2, -0.15) is 0 Å². The molecule has 1 aliphatic rings. The highest BCUT2D eigenvalue weighted by molar-refractivity contribution is 6.10. The zero-order valence-electron chi connectivity index (χ0n) is 11.6. The zero-order chi connectivity index (χ0) is 15.0. The number of aromatic nitrogens is 2. The van der Waals surface area contributed by atoms with Crippen molar-refractivity contribution in [2.24, 2.45) is 0 Å². The molecule has 0 fully saturated rings. The number of aromatic amines is 1. The molecule has 2 heterocycles. The number of fused-ring (bicyclic) bond motifs is 1. The minimum Gasteiger partial charge on any atom is -0.477 e. The minimum atomic E-state index is -1.18. The van der Waals surface area contributed by atoms with Gasteiger partial charge in [0, 0.05) is 12.2 Å². The van der Waals surface area contributed by atoms with Crippen LogP contribution in [0.3, 0.4) is 0 Å². The monoisotopic (exact) mass is 285 g/mol. The van der Waals surface area contributed by atoms with E-state index in [1.807, 2.05) is 19.1 Å². The molecule has 0 atom stereocenters. The summed E-state index contributed by atoms with van der Waals surface area (Å²) in [6, 6.07) is 5.93. The van der Waals surface area contributed by atoms with Gasteiger partial charge in [0.15, 0.2) is 11.4 Å². The molecule has 1 aromatic heterocycles. The van der Waals surface area contributed by atoms with E-state index in [1.165, 1.54) is 6.33 Å². The van der Waals surface area contributed by atoms with Crippen LogP contribution in [0.15, 0.2) is 24.5 Å². The van der Waals surface area contributed by atoms with Gasteiger partial charge in [0.05, 0.1) is 6.33 Å². The molecule has 0 unspecified atom stereocenters. The van der Waals surface area contributed by atoms with Gasteiger partial charge in [0.1, 0.15) is 0 Å². The molecule has 0 saturated heterocycles. The van der Waals surface area contributed by atoms with Crippen LogP contribution in [0.25, 0.3) is 0 Å². The molecule has 0 saturated carbocycles.